The second-order valence-corrected chi connectivity index (χ2v) is 4.06. The average Bonchev–Trinajstić information content (AvgIpc) is 2.68. The third-order valence-corrected chi connectivity index (χ3v) is 3.01. The van der Waals surface area contributed by atoms with Gasteiger partial charge in [0.15, 0.2) is 0 Å². The van der Waals surface area contributed by atoms with E-state index in [-0.39, 0.29) is 17.5 Å². The quantitative estimate of drug-likeness (QED) is 0.609. The Bertz CT molecular complexity index is 533. The predicted octanol–water partition coefficient (Wildman–Crippen LogP) is -0.0138. The van der Waals surface area contributed by atoms with Gasteiger partial charge in [0, 0.05) is 13.5 Å². The lowest BCUT2D eigenvalue weighted by atomic mass is 10.1. The molecular formula is C13H12N2O4. The molecule has 2 rings (SSSR count). The van der Waals surface area contributed by atoms with Gasteiger partial charge in [0.05, 0.1) is 11.1 Å². The lowest BCUT2D eigenvalue weighted by molar-refractivity contribution is -0.126. The van der Waals surface area contributed by atoms with Crippen LogP contribution in [0.25, 0.3) is 0 Å². The van der Waals surface area contributed by atoms with Crippen molar-refractivity contribution in [2.45, 2.75) is 12.5 Å². The number of hydrogen-bond donors (Lipinski definition) is 1. The first-order valence-corrected chi connectivity index (χ1v) is 5.74. The number of amides is 3. The second-order valence-electron chi connectivity index (χ2n) is 4.06. The highest BCUT2D eigenvalue weighted by Crippen LogP contribution is 2.25. The summed E-state index contributed by atoms with van der Waals surface area (Å²) in [6, 6.07) is 5.23. The largest absolute Gasteiger partial charge is 0.357 e. The molecule has 1 unspecified atom stereocenters. The number of nitrogens with one attached hydrogen (secondary N) is 1. The van der Waals surface area contributed by atoms with E-state index in [4.69, 9.17) is 0 Å². The van der Waals surface area contributed by atoms with Gasteiger partial charge in [-0.1, -0.05) is 12.1 Å². The van der Waals surface area contributed by atoms with Crippen LogP contribution in [0.2, 0.25) is 0 Å². The molecule has 98 valence electrons. The van der Waals surface area contributed by atoms with Crippen LogP contribution >= 0.6 is 0 Å². The molecule has 0 saturated heterocycles. The van der Waals surface area contributed by atoms with Gasteiger partial charge < -0.3 is 10.1 Å². The number of rotatable bonds is 4. The van der Waals surface area contributed by atoms with Gasteiger partial charge in [0.2, 0.25) is 5.91 Å². The van der Waals surface area contributed by atoms with Gasteiger partial charge in [-0.25, -0.2) is 0 Å². The Hall–Kier alpha value is -2.50. The predicted molar refractivity (Wildman–Crippen MR) is 65.5 cm³/mol. The van der Waals surface area contributed by atoms with Crippen LogP contribution in [0.3, 0.4) is 0 Å². The summed E-state index contributed by atoms with van der Waals surface area (Å²) in [5.41, 5.74) is 0.514. The van der Waals surface area contributed by atoms with E-state index in [2.05, 4.69) is 5.32 Å². The molecule has 1 aliphatic heterocycles. The van der Waals surface area contributed by atoms with Gasteiger partial charge in [-0.05, 0) is 12.1 Å². The van der Waals surface area contributed by atoms with Crippen molar-refractivity contribution in [3.8, 4) is 0 Å². The molecule has 0 aliphatic carbocycles. The van der Waals surface area contributed by atoms with Crippen LogP contribution in [0.15, 0.2) is 24.3 Å². The summed E-state index contributed by atoms with van der Waals surface area (Å²) >= 11 is 0. The fraction of sp³-hybridized carbons (Fsp3) is 0.231. The van der Waals surface area contributed by atoms with Gasteiger partial charge in [0.1, 0.15) is 12.3 Å². The van der Waals surface area contributed by atoms with Gasteiger partial charge in [-0.2, -0.15) is 0 Å². The zero-order valence-electron chi connectivity index (χ0n) is 10.3. The molecule has 1 aromatic carbocycles. The first kappa shape index (κ1) is 12.9. The fourth-order valence-corrected chi connectivity index (χ4v) is 2.08. The van der Waals surface area contributed by atoms with E-state index in [9.17, 15) is 19.2 Å². The molecule has 1 atom stereocenters. The van der Waals surface area contributed by atoms with Crippen molar-refractivity contribution in [3.63, 3.8) is 0 Å². The summed E-state index contributed by atoms with van der Waals surface area (Å²) in [4.78, 5) is 47.5. The van der Waals surface area contributed by atoms with Crippen molar-refractivity contribution >= 4 is 24.0 Å². The van der Waals surface area contributed by atoms with Gasteiger partial charge in [-0.3, -0.25) is 19.3 Å². The molecule has 0 spiro atoms. The zero-order chi connectivity index (χ0) is 14.0. The highest BCUT2D eigenvalue weighted by Gasteiger charge is 2.42. The molecule has 0 bridgehead atoms. The summed E-state index contributed by atoms with van der Waals surface area (Å²) in [6.45, 7) is 0. The Balaban J connectivity index is 2.41. The number of hydrogen-bond acceptors (Lipinski definition) is 4. The molecule has 0 aromatic heterocycles. The maximum absolute atomic E-state index is 12.2. The lowest BCUT2D eigenvalue weighted by Crippen LogP contribution is -2.48. The molecular weight excluding hydrogens is 248 g/mol. The van der Waals surface area contributed by atoms with E-state index < -0.39 is 23.8 Å². The summed E-state index contributed by atoms with van der Waals surface area (Å²) < 4.78 is 0. The first-order valence-electron chi connectivity index (χ1n) is 5.74. The topological polar surface area (TPSA) is 83.6 Å². The van der Waals surface area contributed by atoms with Gasteiger partial charge in [-0.15, -0.1) is 0 Å². The van der Waals surface area contributed by atoms with Crippen molar-refractivity contribution in [3.05, 3.63) is 35.4 Å². The fourth-order valence-electron chi connectivity index (χ4n) is 2.08. The molecule has 6 nitrogen and oxygen atoms in total. The maximum atomic E-state index is 12.2. The molecule has 1 aliphatic rings. The number of nitrogens with zero attached hydrogens (tertiary/aromatic N) is 1. The normalized spacial score (nSPS) is 15.1. The van der Waals surface area contributed by atoms with E-state index in [1.165, 1.54) is 19.2 Å². The van der Waals surface area contributed by atoms with Gasteiger partial charge in [0.25, 0.3) is 11.8 Å². The Morgan fingerprint density at radius 3 is 2.21 bits per heavy atom. The zero-order valence-corrected chi connectivity index (χ0v) is 10.3. The SMILES string of the molecule is CNC(=O)C(CC=O)N1C(=O)c2ccccc2C1=O. The molecule has 0 fully saturated rings. The Kier molecular flexibility index (Phi) is 3.41. The van der Waals surface area contributed by atoms with E-state index in [1.54, 1.807) is 12.1 Å². The minimum Gasteiger partial charge on any atom is -0.357 e. The highest BCUT2D eigenvalue weighted by atomic mass is 16.2. The van der Waals surface area contributed by atoms with Crippen LogP contribution in [0.4, 0.5) is 0 Å². The molecule has 0 radical (unpaired) electrons. The van der Waals surface area contributed by atoms with Crippen molar-refractivity contribution in [1.82, 2.24) is 10.2 Å². The van der Waals surface area contributed by atoms with Crippen molar-refractivity contribution in [2.24, 2.45) is 0 Å². The first-order chi connectivity index (χ1) is 9.11. The maximum Gasteiger partial charge on any atom is 0.262 e. The van der Waals surface area contributed by atoms with E-state index in [1.807, 2.05) is 0 Å². The van der Waals surface area contributed by atoms with Crippen LogP contribution in [0.5, 0.6) is 0 Å². The third kappa shape index (κ3) is 2.01. The number of carbonyl (C=O) groups is 4. The number of benzene rings is 1. The van der Waals surface area contributed by atoms with Crippen molar-refractivity contribution in [2.75, 3.05) is 7.05 Å². The minimum absolute atomic E-state index is 0.217. The number of likely N-dealkylation sites (N-methyl/N-ethyl adjacent to an activating group) is 1. The highest BCUT2D eigenvalue weighted by molar-refractivity contribution is 6.23. The standard InChI is InChI=1S/C13H12N2O4/c1-14-11(17)10(6-7-16)15-12(18)8-4-2-3-5-9(8)13(15)19/h2-5,7,10H,6H2,1H3,(H,14,17). The molecule has 1 heterocycles. The number of fused-ring (bicyclic) bond motifs is 1. The van der Waals surface area contributed by atoms with Crippen LogP contribution in [-0.2, 0) is 9.59 Å². The van der Waals surface area contributed by atoms with Crippen LogP contribution in [0.1, 0.15) is 27.1 Å². The van der Waals surface area contributed by atoms with Crippen molar-refractivity contribution in [1.29, 1.82) is 0 Å². The van der Waals surface area contributed by atoms with Crippen molar-refractivity contribution < 1.29 is 19.2 Å². The summed E-state index contributed by atoms with van der Waals surface area (Å²) in [5.74, 6) is -1.63. The molecule has 19 heavy (non-hydrogen) atoms. The third-order valence-electron chi connectivity index (χ3n) is 3.01. The van der Waals surface area contributed by atoms with E-state index in [0.29, 0.717) is 6.29 Å². The van der Waals surface area contributed by atoms with Crippen LogP contribution in [0, 0.1) is 0 Å². The minimum atomic E-state index is -1.10. The number of imide groups is 1. The smallest absolute Gasteiger partial charge is 0.262 e. The Labute approximate surface area is 109 Å². The molecule has 3 amide bonds. The summed E-state index contributed by atoms with van der Waals surface area (Å²) in [7, 11) is 1.39. The lowest BCUT2D eigenvalue weighted by Gasteiger charge is -2.22. The summed E-state index contributed by atoms with van der Waals surface area (Å²) in [5, 5.41) is 2.35. The molecule has 6 heteroatoms. The van der Waals surface area contributed by atoms with Gasteiger partial charge >= 0.3 is 0 Å². The van der Waals surface area contributed by atoms with Crippen LogP contribution < -0.4 is 5.32 Å². The Morgan fingerprint density at radius 2 is 1.79 bits per heavy atom. The summed E-state index contributed by atoms with van der Waals surface area (Å²) in [6.07, 6.45) is 0.300. The molecule has 1 N–H and O–H groups in total. The number of aldehydes is 1. The molecule has 0 saturated carbocycles. The second kappa shape index (κ2) is 5.01. The Morgan fingerprint density at radius 1 is 1.26 bits per heavy atom. The van der Waals surface area contributed by atoms with E-state index in [0.717, 1.165) is 4.90 Å². The molecule has 1 aromatic rings. The van der Waals surface area contributed by atoms with E-state index >= 15 is 0 Å². The number of carbonyl (C=O) groups excluding carboxylic acids is 4. The monoisotopic (exact) mass is 260 g/mol. The average molecular weight is 260 g/mol. The van der Waals surface area contributed by atoms with Crippen LogP contribution in [-0.4, -0.2) is 42.0 Å².